The third-order valence-electron chi connectivity index (χ3n) is 3.13. The zero-order chi connectivity index (χ0) is 16.8. The Morgan fingerprint density at radius 2 is 1.88 bits per heavy atom. The van der Waals surface area contributed by atoms with Crippen LogP contribution in [0, 0.1) is 0 Å². The molecule has 24 heavy (non-hydrogen) atoms. The molecule has 0 amide bonds. The van der Waals surface area contributed by atoms with Crippen molar-refractivity contribution in [2.24, 2.45) is 0 Å². The minimum absolute atomic E-state index is 0.286. The lowest BCUT2D eigenvalue weighted by molar-refractivity contribution is 0.585. The average Bonchev–Trinajstić information content (AvgIpc) is 3.25. The molecule has 3 aromatic rings. The Kier molecular flexibility index (Phi) is 5.56. The van der Waals surface area contributed by atoms with Gasteiger partial charge in [0.05, 0.1) is 0 Å². The lowest BCUT2D eigenvalue weighted by Gasteiger charge is -2.05. The molecule has 2 N–H and O–H groups in total. The molecule has 0 bridgehead atoms. The van der Waals surface area contributed by atoms with E-state index in [1.54, 1.807) is 17.5 Å². The second kappa shape index (κ2) is 7.84. The van der Waals surface area contributed by atoms with Gasteiger partial charge in [-0.3, -0.25) is 0 Å². The molecule has 0 spiro atoms. The van der Waals surface area contributed by atoms with Gasteiger partial charge in [0.1, 0.15) is 10.0 Å². The van der Waals surface area contributed by atoms with E-state index in [-0.39, 0.29) is 6.54 Å². The molecule has 126 valence electrons. The van der Waals surface area contributed by atoms with Crippen LogP contribution in [0.2, 0.25) is 0 Å². The molecule has 3 rings (SSSR count). The van der Waals surface area contributed by atoms with Crippen molar-refractivity contribution in [1.29, 1.82) is 0 Å². The van der Waals surface area contributed by atoms with Gasteiger partial charge in [0, 0.05) is 31.0 Å². The Labute approximate surface area is 148 Å². The highest BCUT2D eigenvalue weighted by atomic mass is 32.2. The van der Waals surface area contributed by atoms with E-state index in [9.17, 15) is 8.42 Å². The molecule has 0 aliphatic rings. The zero-order valence-corrected chi connectivity index (χ0v) is 15.1. The molecule has 0 saturated heterocycles. The zero-order valence-electron chi connectivity index (χ0n) is 12.7. The van der Waals surface area contributed by atoms with Crippen LogP contribution >= 0.6 is 22.9 Å². The topological polar surface area (TPSA) is 84.0 Å². The van der Waals surface area contributed by atoms with E-state index in [2.05, 4.69) is 19.4 Å². The molecule has 0 unspecified atom stereocenters. The quantitative estimate of drug-likeness (QED) is 0.587. The molecule has 2 aromatic heterocycles. The molecular formula is C15H16N4O2S3. The first-order chi connectivity index (χ1) is 11.6. The molecule has 0 saturated carbocycles. The number of thiophene rings is 1. The predicted molar refractivity (Wildman–Crippen MR) is 97.2 cm³/mol. The fourth-order valence-electron chi connectivity index (χ4n) is 2.02. The number of hydrogen-bond acceptors (Lipinski definition) is 7. The first-order valence-corrected chi connectivity index (χ1v) is 10.4. The third kappa shape index (κ3) is 4.60. The number of benzene rings is 1. The van der Waals surface area contributed by atoms with Crippen LogP contribution in [0.4, 0.5) is 5.13 Å². The van der Waals surface area contributed by atoms with Crippen molar-refractivity contribution in [1.82, 2.24) is 14.1 Å². The predicted octanol–water partition coefficient (Wildman–Crippen LogP) is 2.58. The molecule has 0 atom stereocenters. The summed E-state index contributed by atoms with van der Waals surface area (Å²) in [5.41, 5.74) is 1.16. The van der Waals surface area contributed by atoms with E-state index < -0.39 is 10.0 Å². The second-order valence-electron chi connectivity index (χ2n) is 4.93. The molecule has 0 radical (unpaired) electrons. The molecule has 0 aliphatic heterocycles. The number of sulfonamides is 1. The molecule has 2 heterocycles. The molecule has 0 aliphatic carbocycles. The van der Waals surface area contributed by atoms with Gasteiger partial charge in [0.25, 0.3) is 0 Å². The summed E-state index contributed by atoms with van der Waals surface area (Å²) in [6.07, 6.45) is 0.685. The maximum atomic E-state index is 12.0. The summed E-state index contributed by atoms with van der Waals surface area (Å²) >= 11 is 2.47. The largest absolute Gasteiger partial charge is 0.359 e. The summed E-state index contributed by atoms with van der Waals surface area (Å²) in [7, 11) is -3.41. The van der Waals surface area contributed by atoms with E-state index in [1.165, 1.54) is 22.9 Å². The lowest BCUT2D eigenvalue weighted by Crippen LogP contribution is -2.28. The Morgan fingerprint density at radius 1 is 1.04 bits per heavy atom. The van der Waals surface area contributed by atoms with E-state index >= 15 is 0 Å². The van der Waals surface area contributed by atoms with Gasteiger partial charge < -0.3 is 5.32 Å². The van der Waals surface area contributed by atoms with Crippen LogP contribution in [0.1, 0.15) is 11.4 Å². The lowest BCUT2D eigenvalue weighted by atomic mass is 10.1. The number of rotatable bonds is 8. The van der Waals surface area contributed by atoms with Gasteiger partial charge >= 0.3 is 0 Å². The minimum Gasteiger partial charge on any atom is -0.359 e. The van der Waals surface area contributed by atoms with Gasteiger partial charge in [-0.2, -0.15) is 4.37 Å². The van der Waals surface area contributed by atoms with Crippen molar-refractivity contribution >= 4 is 38.0 Å². The summed E-state index contributed by atoms with van der Waals surface area (Å²) in [6.45, 7) is 0.735. The van der Waals surface area contributed by atoms with Crippen molar-refractivity contribution in [3.05, 3.63) is 59.2 Å². The van der Waals surface area contributed by atoms with Crippen LogP contribution in [0.15, 0.2) is 52.1 Å². The van der Waals surface area contributed by atoms with Crippen molar-refractivity contribution in [3.8, 4) is 0 Å². The second-order valence-corrected chi connectivity index (χ2v) is 8.63. The summed E-state index contributed by atoms with van der Waals surface area (Å²) in [6, 6.07) is 13.3. The number of nitrogens with one attached hydrogen (secondary N) is 2. The maximum absolute atomic E-state index is 12.0. The fraction of sp³-hybridized carbons (Fsp3) is 0.200. The number of aromatic nitrogens is 2. The monoisotopic (exact) mass is 380 g/mol. The van der Waals surface area contributed by atoms with Gasteiger partial charge in [-0.15, -0.1) is 11.3 Å². The Morgan fingerprint density at radius 3 is 2.62 bits per heavy atom. The van der Waals surface area contributed by atoms with Crippen LogP contribution < -0.4 is 10.0 Å². The molecule has 6 nitrogen and oxygen atoms in total. The fourth-order valence-corrected chi connectivity index (χ4v) is 4.70. The molecule has 0 fully saturated rings. The molecule has 1 aromatic carbocycles. The van der Waals surface area contributed by atoms with Crippen molar-refractivity contribution < 1.29 is 8.42 Å². The minimum atomic E-state index is -3.41. The average molecular weight is 381 g/mol. The highest BCUT2D eigenvalue weighted by Crippen LogP contribution is 2.15. The van der Waals surface area contributed by atoms with Gasteiger partial charge in [0.15, 0.2) is 0 Å². The molecule has 9 heteroatoms. The van der Waals surface area contributed by atoms with Crippen molar-refractivity contribution in [2.45, 2.75) is 10.6 Å². The Bertz CT molecular complexity index is 861. The van der Waals surface area contributed by atoms with Gasteiger partial charge in [0.2, 0.25) is 15.2 Å². The summed E-state index contributed by atoms with van der Waals surface area (Å²) < 4.78 is 31.1. The maximum Gasteiger partial charge on any atom is 0.250 e. The number of hydrogen-bond donors (Lipinski definition) is 2. The van der Waals surface area contributed by atoms with Crippen LogP contribution in [-0.4, -0.2) is 30.9 Å². The van der Waals surface area contributed by atoms with Crippen LogP contribution in [0.5, 0.6) is 0 Å². The van der Waals surface area contributed by atoms with Gasteiger partial charge in [-0.1, -0.05) is 36.4 Å². The van der Waals surface area contributed by atoms with Gasteiger partial charge in [-0.05, 0) is 17.0 Å². The van der Waals surface area contributed by atoms with Gasteiger partial charge in [-0.25, -0.2) is 18.1 Å². The first kappa shape index (κ1) is 17.0. The van der Waals surface area contributed by atoms with Crippen LogP contribution in [-0.2, 0) is 16.4 Å². The van der Waals surface area contributed by atoms with Crippen LogP contribution in [0.3, 0.4) is 0 Å². The summed E-state index contributed by atoms with van der Waals surface area (Å²) in [4.78, 5) is 4.41. The Balaban J connectivity index is 1.46. The van der Waals surface area contributed by atoms with Crippen molar-refractivity contribution in [3.63, 3.8) is 0 Å². The first-order valence-electron chi connectivity index (χ1n) is 7.27. The third-order valence-corrected chi connectivity index (χ3v) is 6.70. The summed E-state index contributed by atoms with van der Waals surface area (Å²) in [5, 5.41) is 5.52. The summed E-state index contributed by atoms with van der Waals surface area (Å²) in [5.74, 6) is 0.757. The highest BCUT2D eigenvalue weighted by molar-refractivity contribution is 7.91. The van der Waals surface area contributed by atoms with E-state index in [4.69, 9.17) is 0 Å². The molecular weight excluding hydrogens is 364 g/mol. The SMILES string of the molecule is O=S(=O)(NCCNc1nc(Cc2ccccc2)ns1)c1cccs1. The normalized spacial score (nSPS) is 11.5. The van der Waals surface area contributed by atoms with E-state index in [0.29, 0.717) is 22.3 Å². The standard InChI is InChI=1S/C15H16N4O2S3/c20-24(21,14-7-4-10-22-14)17-9-8-16-15-18-13(19-23-15)11-12-5-2-1-3-6-12/h1-7,10,17H,8-9,11H2,(H,16,18,19). The van der Waals surface area contributed by atoms with Crippen molar-refractivity contribution in [2.75, 3.05) is 18.4 Å². The van der Waals surface area contributed by atoms with E-state index in [0.717, 1.165) is 11.4 Å². The number of anilines is 1. The van der Waals surface area contributed by atoms with Crippen LogP contribution in [0.25, 0.3) is 0 Å². The Hall–Kier alpha value is -1.81. The van der Waals surface area contributed by atoms with E-state index in [1.807, 2.05) is 30.3 Å². The highest BCUT2D eigenvalue weighted by Gasteiger charge is 2.13. The smallest absolute Gasteiger partial charge is 0.250 e. The number of nitrogens with zero attached hydrogens (tertiary/aromatic N) is 2.